The van der Waals surface area contributed by atoms with Crippen molar-refractivity contribution >= 4 is 22.6 Å². The van der Waals surface area contributed by atoms with Crippen molar-refractivity contribution in [2.75, 3.05) is 37.7 Å². The molecular weight excluding hydrogens is 328 g/mol. The van der Waals surface area contributed by atoms with Crippen LogP contribution in [0.25, 0.3) is 10.9 Å². The van der Waals surface area contributed by atoms with Gasteiger partial charge in [-0.2, -0.15) is 0 Å². The highest BCUT2D eigenvalue weighted by Gasteiger charge is 2.14. The Morgan fingerprint density at radius 2 is 2.08 bits per heavy atom. The molecule has 134 valence electrons. The first-order valence-corrected chi connectivity index (χ1v) is 8.93. The van der Waals surface area contributed by atoms with Gasteiger partial charge in [0.1, 0.15) is 5.82 Å². The maximum Gasteiger partial charge on any atom is 0.251 e. The Hall–Kier alpha value is -2.86. The average molecular weight is 350 g/mol. The minimum atomic E-state index is -0.0678. The van der Waals surface area contributed by atoms with Gasteiger partial charge in [-0.15, -0.1) is 0 Å². The Kier molecular flexibility index (Phi) is 4.84. The zero-order valence-corrected chi connectivity index (χ0v) is 14.6. The Morgan fingerprint density at radius 1 is 1.23 bits per heavy atom. The number of para-hydroxylation sites is 1. The summed E-state index contributed by atoms with van der Waals surface area (Å²) in [6.45, 7) is 3.60. The highest BCUT2D eigenvalue weighted by atomic mass is 16.5. The Bertz CT molecular complexity index is 899. The molecule has 0 radical (unpaired) electrons. The molecule has 2 aromatic heterocycles. The van der Waals surface area contributed by atoms with Crippen molar-refractivity contribution in [2.45, 2.75) is 6.42 Å². The van der Waals surface area contributed by atoms with Crippen LogP contribution in [0.4, 0.5) is 5.82 Å². The number of nitrogens with one attached hydrogen (secondary N) is 2. The number of hydrogen-bond acceptors (Lipinski definition) is 4. The highest BCUT2D eigenvalue weighted by molar-refractivity contribution is 5.94. The number of carbonyl (C=O) groups is 1. The van der Waals surface area contributed by atoms with E-state index in [9.17, 15) is 4.79 Å². The lowest BCUT2D eigenvalue weighted by Crippen LogP contribution is -2.37. The molecule has 6 heteroatoms. The van der Waals surface area contributed by atoms with Crippen LogP contribution in [0.3, 0.4) is 0 Å². The van der Waals surface area contributed by atoms with E-state index in [1.165, 1.54) is 10.9 Å². The van der Waals surface area contributed by atoms with E-state index in [1.54, 1.807) is 12.3 Å². The second kappa shape index (κ2) is 7.58. The highest BCUT2D eigenvalue weighted by Crippen LogP contribution is 2.18. The van der Waals surface area contributed by atoms with E-state index in [2.05, 4.69) is 32.3 Å². The molecule has 0 saturated carbocycles. The Balaban J connectivity index is 1.37. The molecule has 3 aromatic rings. The smallest absolute Gasteiger partial charge is 0.251 e. The van der Waals surface area contributed by atoms with Crippen LogP contribution >= 0.6 is 0 Å². The van der Waals surface area contributed by atoms with Crippen molar-refractivity contribution in [1.29, 1.82) is 0 Å². The van der Waals surface area contributed by atoms with Gasteiger partial charge in [0.15, 0.2) is 0 Å². The predicted molar refractivity (Wildman–Crippen MR) is 102 cm³/mol. The fourth-order valence-electron chi connectivity index (χ4n) is 3.28. The third-order valence-corrected chi connectivity index (χ3v) is 4.70. The van der Waals surface area contributed by atoms with Gasteiger partial charge in [-0.05, 0) is 30.2 Å². The standard InChI is InChI=1S/C20H22N4O2/c25-20(15-5-7-21-19(13-15)24-9-11-26-12-10-24)22-8-6-16-14-23-18-4-2-1-3-17(16)18/h1-5,7,13-14,23H,6,8-12H2,(H,22,25). The summed E-state index contributed by atoms with van der Waals surface area (Å²) in [5, 5.41) is 4.22. The molecule has 1 amide bonds. The van der Waals surface area contributed by atoms with Crippen LogP contribution in [0, 0.1) is 0 Å². The van der Waals surface area contributed by atoms with Crippen LogP contribution in [0.5, 0.6) is 0 Å². The molecule has 0 atom stereocenters. The van der Waals surface area contributed by atoms with Crippen molar-refractivity contribution in [3.8, 4) is 0 Å². The molecule has 6 nitrogen and oxygen atoms in total. The lowest BCUT2D eigenvalue weighted by atomic mass is 10.1. The fraction of sp³-hybridized carbons (Fsp3) is 0.300. The monoisotopic (exact) mass is 350 g/mol. The lowest BCUT2D eigenvalue weighted by Gasteiger charge is -2.27. The average Bonchev–Trinajstić information content (AvgIpc) is 3.12. The summed E-state index contributed by atoms with van der Waals surface area (Å²) in [6.07, 6.45) is 4.50. The van der Waals surface area contributed by atoms with Crippen molar-refractivity contribution in [3.05, 3.63) is 59.9 Å². The summed E-state index contributed by atoms with van der Waals surface area (Å²) >= 11 is 0. The number of benzene rings is 1. The number of pyridine rings is 1. The van der Waals surface area contributed by atoms with Gasteiger partial charge in [-0.1, -0.05) is 18.2 Å². The van der Waals surface area contributed by atoms with E-state index < -0.39 is 0 Å². The second-order valence-electron chi connectivity index (χ2n) is 6.37. The number of nitrogens with zero attached hydrogens (tertiary/aromatic N) is 2. The molecule has 4 rings (SSSR count). The number of anilines is 1. The summed E-state index contributed by atoms with van der Waals surface area (Å²) < 4.78 is 5.37. The van der Waals surface area contributed by atoms with Crippen molar-refractivity contribution in [1.82, 2.24) is 15.3 Å². The van der Waals surface area contributed by atoms with Gasteiger partial charge < -0.3 is 19.9 Å². The first-order chi connectivity index (χ1) is 12.8. The SMILES string of the molecule is O=C(NCCc1c[nH]c2ccccc12)c1ccnc(N2CCOCC2)c1. The third-order valence-electron chi connectivity index (χ3n) is 4.70. The summed E-state index contributed by atoms with van der Waals surface area (Å²) in [4.78, 5) is 22.3. The quantitative estimate of drug-likeness (QED) is 0.741. The second-order valence-corrected chi connectivity index (χ2v) is 6.37. The fourth-order valence-corrected chi connectivity index (χ4v) is 3.28. The molecule has 0 bridgehead atoms. The number of morpholine rings is 1. The molecular formula is C20H22N4O2. The molecule has 26 heavy (non-hydrogen) atoms. The van der Waals surface area contributed by atoms with Gasteiger partial charge in [-0.3, -0.25) is 4.79 Å². The van der Waals surface area contributed by atoms with Crippen LogP contribution < -0.4 is 10.2 Å². The lowest BCUT2D eigenvalue weighted by molar-refractivity contribution is 0.0954. The van der Waals surface area contributed by atoms with E-state index in [0.29, 0.717) is 25.3 Å². The topological polar surface area (TPSA) is 70.2 Å². The maximum atomic E-state index is 12.5. The normalized spacial score (nSPS) is 14.5. The Morgan fingerprint density at radius 3 is 2.96 bits per heavy atom. The number of carbonyl (C=O) groups excluding carboxylic acids is 1. The summed E-state index contributed by atoms with van der Waals surface area (Å²) in [5.74, 6) is 0.763. The molecule has 3 heterocycles. The third kappa shape index (κ3) is 3.55. The van der Waals surface area contributed by atoms with Gasteiger partial charge >= 0.3 is 0 Å². The van der Waals surface area contributed by atoms with E-state index in [4.69, 9.17) is 4.74 Å². The molecule has 0 unspecified atom stereocenters. The van der Waals surface area contributed by atoms with Crippen molar-refractivity contribution in [3.63, 3.8) is 0 Å². The van der Waals surface area contributed by atoms with Crippen LogP contribution in [-0.2, 0) is 11.2 Å². The summed E-state index contributed by atoms with van der Waals surface area (Å²) in [5.41, 5.74) is 2.98. The van der Waals surface area contributed by atoms with Crippen LogP contribution in [0.15, 0.2) is 48.8 Å². The number of aromatic amines is 1. The van der Waals surface area contributed by atoms with E-state index in [0.717, 1.165) is 30.8 Å². The minimum Gasteiger partial charge on any atom is -0.378 e. The van der Waals surface area contributed by atoms with Gasteiger partial charge in [0.2, 0.25) is 0 Å². The zero-order chi connectivity index (χ0) is 17.8. The van der Waals surface area contributed by atoms with Gasteiger partial charge in [0.05, 0.1) is 13.2 Å². The molecule has 1 aliphatic heterocycles. The number of aromatic nitrogens is 2. The number of rotatable bonds is 5. The molecule has 0 aliphatic carbocycles. The molecule has 1 aromatic carbocycles. The van der Waals surface area contributed by atoms with E-state index >= 15 is 0 Å². The first kappa shape index (κ1) is 16.6. The number of H-pyrrole nitrogens is 1. The minimum absolute atomic E-state index is 0.0678. The van der Waals surface area contributed by atoms with Crippen LogP contribution in [0.1, 0.15) is 15.9 Å². The maximum absolute atomic E-state index is 12.5. The van der Waals surface area contributed by atoms with Crippen LogP contribution in [-0.4, -0.2) is 48.7 Å². The van der Waals surface area contributed by atoms with E-state index in [-0.39, 0.29) is 5.91 Å². The molecule has 1 aliphatic rings. The van der Waals surface area contributed by atoms with Gasteiger partial charge in [-0.25, -0.2) is 4.98 Å². The predicted octanol–water partition coefficient (Wildman–Crippen LogP) is 2.37. The van der Waals surface area contributed by atoms with Crippen LogP contribution in [0.2, 0.25) is 0 Å². The Labute approximate surface area is 152 Å². The zero-order valence-electron chi connectivity index (χ0n) is 14.6. The molecule has 2 N–H and O–H groups in total. The molecule has 0 spiro atoms. The number of hydrogen-bond donors (Lipinski definition) is 2. The van der Waals surface area contributed by atoms with Crippen molar-refractivity contribution in [2.24, 2.45) is 0 Å². The largest absolute Gasteiger partial charge is 0.378 e. The first-order valence-electron chi connectivity index (χ1n) is 8.93. The number of ether oxygens (including phenoxy) is 1. The van der Waals surface area contributed by atoms with Gasteiger partial charge in [0.25, 0.3) is 5.91 Å². The summed E-state index contributed by atoms with van der Waals surface area (Å²) in [7, 11) is 0. The molecule has 1 saturated heterocycles. The van der Waals surface area contributed by atoms with E-state index in [1.807, 2.05) is 24.4 Å². The molecule has 1 fully saturated rings. The number of fused-ring (bicyclic) bond motifs is 1. The van der Waals surface area contributed by atoms with Gasteiger partial charge in [0, 0.05) is 48.5 Å². The van der Waals surface area contributed by atoms with Crippen molar-refractivity contribution < 1.29 is 9.53 Å². The summed E-state index contributed by atoms with van der Waals surface area (Å²) in [6, 6.07) is 11.8. The number of amides is 1.